The van der Waals surface area contributed by atoms with Crippen LogP contribution in [0.1, 0.15) is 49.3 Å². The van der Waals surface area contributed by atoms with E-state index in [2.05, 4.69) is 28.2 Å². The van der Waals surface area contributed by atoms with Gasteiger partial charge in [-0.3, -0.25) is 14.5 Å². The van der Waals surface area contributed by atoms with E-state index in [-0.39, 0.29) is 24.4 Å². The predicted octanol–water partition coefficient (Wildman–Crippen LogP) is 4.36. The summed E-state index contributed by atoms with van der Waals surface area (Å²) in [5.41, 5.74) is 1.92. The monoisotopic (exact) mass is 509 g/mol. The number of urea groups is 1. The van der Waals surface area contributed by atoms with Crippen LogP contribution in [-0.4, -0.2) is 40.2 Å². The zero-order chi connectivity index (χ0) is 23.2. The molecule has 1 spiro atoms. The van der Waals surface area contributed by atoms with Crippen molar-refractivity contribution < 1.29 is 14.4 Å². The van der Waals surface area contributed by atoms with Crippen LogP contribution < -0.4 is 5.32 Å². The highest BCUT2D eigenvalue weighted by Crippen LogP contribution is 2.41. The van der Waals surface area contributed by atoms with E-state index < -0.39 is 11.6 Å². The Kier molecular flexibility index (Phi) is 5.77. The van der Waals surface area contributed by atoms with Gasteiger partial charge in [-0.1, -0.05) is 58.7 Å². The Balaban J connectivity index is 1.37. The first kappa shape index (κ1) is 22.1. The molecule has 0 bridgehead atoms. The average molecular weight is 510 g/mol. The van der Waals surface area contributed by atoms with Crippen LogP contribution in [0.2, 0.25) is 0 Å². The van der Waals surface area contributed by atoms with Gasteiger partial charge in [0.15, 0.2) is 0 Å². The van der Waals surface area contributed by atoms with Crippen LogP contribution in [0.25, 0.3) is 0 Å². The molecule has 172 valence electrons. The van der Waals surface area contributed by atoms with Crippen molar-refractivity contribution in [3.05, 3.63) is 69.7 Å². The van der Waals surface area contributed by atoms with E-state index in [1.54, 1.807) is 0 Å². The zero-order valence-electron chi connectivity index (χ0n) is 18.7. The minimum atomic E-state index is -1.04. The molecule has 1 N–H and O–H groups in total. The lowest BCUT2D eigenvalue weighted by molar-refractivity contribution is -0.142. The number of rotatable bonds is 6. The highest BCUT2D eigenvalue weighted by molar-refractivity contribution is 9.10. The van der Waals surface area contributed by atoms with Gasteiger partial charge in [0.2, 0.25) is 5.91 Å². The summed E-state index contributed by atoms with van der Waals surface area (Å²) >= 11 is 3.46. The van der Waals surface area contributed by atoms with Crippen molar-refractivity contribution in [1.29, 1.82) is 0 Å². The number of hydrogen-bond acceptors (Lipinski definition) is 3. The molecule has 1 saturated heterocycles. The second-order valence-electron chi connectivity index (χ2n) is 9.46. The van der Waals surface area contributed by atoms with Gasteiger partial charge in [-0.15, -0.1) is 0 Å². The Hall–Kier alpha value is -2.67. The van der Waals surface area contributed by atoms with E-state index in [9.17, 15) is 14.4 Å². The van der Waals surface area contributed by atoms with Gasteiger partial charge in [-0.2, -0.15) is 0 Å². The lowest BCUT2D eigenvalue weighted by Gasteiger charge is -2.39. The summed E-state index contributed by atoms with van der Waals surface area (Å²) in [4.78, 5) is 42.9. The third-order valence-electron chi connectivity index (χ3n) is 7.63. The first-order valence-corrected chi connectivity index (χ1v) is 12.4. The van der Waals surface area contributed by atoms with Crippen molar-refractivity contribution >= 4 is 33.8 Å². The van der Waals surface area contributed by atoms with Crippen LogP contribution in [-0.2, 0) is 28.1 Å². The number of aryl methyl sites for hydroxylation is 1. The number of carbonyl (C=O) groups excluding carboxylic acids is 3. The first-order chi connectivity index (χ1) is 15.9. The smallest absolute Gasteiger partial charge is 0.325 e. The quantitative estimate of drug-likeness (QED) is 0.588. The van der Waals surface area contributed by atoms with Crippen molar-refractivity contribution in [2.24, 2.45) is 5.92 Å². The summed E-state index contributed by atoms with van der Waals surface area (Å²) in [5.74, 6) is -0.0459. The van der Waals surface area contributed by atoms with Gasteiger partial charge in [0.05, 0.1) is 0 Å². The number of nitrogens with zero attached hydrogens (tertiary/aromatic N) is 2. The number of carbonyl (C=O) groups is 3. The molecule has 0 aromatic heterocycles. The summed E-state index contributed by atoms with van der Waals surface area (Å²) in [6, 6.07) is 15.2. The maximum absolute atomic E-state index is 13.5. The first-order valence-electron chi connectivity index (χ1n) is 11.7. The molecule has 33 heavy (non-hydrogen) atoms. The number of nitrogens with one attached hydrogen (secondary N) is 1. The molecule has 1 aliphatic heterocycles. The van der Waals surface area contributed by atoms with E-state index in [1.165, 1.54) is 6.42 Å². The molecule has 2 aromatic carbocycles. The van der Waals surface area contributed by atoms with Crippen LogP contribution in [0, 0.1) is 5.92 Å². The topological polar surface area (TPSA) is 69.7 Å². The summed E-state index contributed by atoms with van der Waals surface area (Å²) in [6.45, 7) is 2.31. The van der Waals surface area contributed by atoms with Gasteiger partial charge in [-0.05, 0) is 67.3 Å². The lowest BCUT2D eigenvalue weighted by Crippen LogP contribution is -2.49. The highest BCUT2D eigenvalue weighted by atomic mass is 79.9. The Labute approximate surface area is 202 Å². The van der Waals surface area contributed by atoms with Crippen LogP contribution in [0.5, 0.6) is 0 Å². The summed E-state index contributed by atoms with van der Waals surface area (Å²) in [7, 11) is 0. The molecule has 2 aliphatic carbocycles. The number of imide groups is 1. The molecule has 1 heterocycles. The number of amides is 4. The van der Waals surface area contributed by atoms with Crippen LogP contribution in [0.15, 0.2) is 53.0 Å². The van der Waals surface area contributed by atoms with Crippen molar-refractivity contribution in [2.45, 2.75) is 57.2 Å². The van der Waals surface area contributed by atoms with Crippen LogP contribution >= 0.6 is 15.9 Å². The molecule has 2 atom stereocenters. The third-order valence-corrected chi connectivity index (χ3v) is 8.15. The molecule has 4 amide bonds. The Morgan fingerprint density at radius 1 is 1.18 bits per heavy atom. The summed E-state index contributed by atoms with van der Waals surface area (Å²) in [5, 5.41) is 2.92. The van der Waals surface area contributed by atoms with Crippen molar-refractivity contribution in [3.8, 4) is 0 Å². The SMILES string of the molecule is C[C@@H](C1CCC1)N(Cc1ccc(Br)cc1)C(=O)CN1C(=O)NC2(CCc3ccccc32)C1=O. The molecule has 1 unspecified atom stereocenters. The van der Waals surface area contributed by atoms with Crippen molar-refractivity contribution in [2.75, 3.05) is 6.54 Å². The zero-order valence-corrected chi connectivity index (χ0v) is 20.3. The predicted molar refractivity (Wildman–Crippen MR) is 128 cm³/mol. The molecular weight excluding hydrogens is 482 g/mol. The molecular formula is C26H28BrN3O3. The number of benzene rings is 2. The standard InChI is InChI=1S/C26H28BrN3O3/c1-17(19-6-4-7-19)29(15-18-9-11-21(27)12-10-18)23(31)16-30-24(32)26(28-25(30)33)14-13-20-5-2-3-8-22(20)26/h2-3,5,8-12,17,19H,4,6-7,13-16H2,1H3,(H,28,33)/t17-,26?/m0/s1. The maximum Gasteiger partial charge on any atom is 0.325 e. The van der Waals surface area contributed by atoms with E-state index in [0.717, 1.165) is 45.3 Å². The van der Waals surface area contributed by atoms with E-state index >= 15 is 0 Å². The summed E-state index contributed by atoms with van der Waals surface area (Å²) < 4.78 is 0.984. The maximum atomic E-state index is 13.5. The minimum absolute atomic E-state index is 0.0526. The minimum Gasteiger partial charge on any atom is -0.334 e. The van der Waals surface area contributed by atoms with E-state index in [1.807, 2.05) is 53.4 Å². The van der Waals surface area contributed by atoms with Gasteiger partial charge in [0.1, 0.15) is 12.1 Å². The fourth-order valence-corrected chi connectivity index (χ4v) is 5.65. The third kappa shape index (κ3) is 3.86. The molecule has 1 saturated carbocycles. The summed E-state index contributed by atoms with van der Waals surface area (Å²) in [6.07, 6.45) is 4.66. The molecule has 0 radical (unpaired) electrons. The molecule has 2 aromatic rings. The second kappa shape index (κ2) is 8.60. The Morgan fingerprint density at radius 3 is 2.61 bits per heavy atom. The fraction of sp³-hybridized carbons (Fsp3) is 0.423. The molecule has 2 fully saturated rings. The van der Waals surface area contributed by atoms with Gasteiger partial charge < -0.3 is 10.2 Å². The number of fused-ring (bicyclic) bond motifs is 2. The highest BCUT2D eigenvalue weighted by Gasteiger charge is 2.55. The van der Waals surface area contributed by atoms with Crippen molar-refractivity contribution in [3.63, 3.8) is 0 Å². The van der Waals surface area contributed by atoms with E-state index in [0.29, 0.717) is 18.9 Å². The van der Waals surface area contributed by atoms with Crippen LogP contribution in [0.3, 0.4) is 0 Å². The Bertz CT molecular complexity index is 1100. The largest absolute Gasteiger partial charge is 0.334 e. The Morgan fingerprint density at radius 2 is 1.91 bits per heavy atom. The van der Waals surface area contributed by atoms with Crippen molar-refractivity contribution in [1.82, 2.24) is 15.1 Å². The second-order valence-corrected chi connectivity index (χ2v) is 10.4. The fourth-order valence-electron chi connectivity index (χ4n) is 5.38. The average Bonchev–Trinajstić information content (AvgIpc) is 3.25. The van der Waals surface area contributed by atoms with Gasteiger partial charge >= 0.3 is 6.03 Å². The molecule has 3 aliphatic rings. The van der Waals surface area contributed by atoms with Gasteiger partial charge in [0.25, 0.3) is 5.91 Å². The molecule has 7 heteroatoms. The number of hydrogen-bond donors (Lipinski definition) is 1. The molecule has 5 rings (SSSR count). The van der Waals surface area contributed by atoms with E-state index in [4.69, 9.17) is 0 Å². The van der Waals surface area contributed by atoms with Gasteiger partial charge in [-0.25, -0.2) is 4.79 Å². The number of halogens is 1. The molecule has 6 nitrogen and oxygen atoms in total. The van der Waals surface area contributed by atoms with Gasteiger partial charge in [0, 0.05) is 17.1 Å². The lowest BCUT2D eigenvalue weighted by atomic mass is 9.79. The normalized spacial score (nSPS) is 22.8. The van der Waals surface area contributed by atoms with Crippen LogP contribution in [0.4, 0.5) is 4.79 Å².